The number of nitrogens with zero attached hydrogens (tertiary/aromatic N) is 1. The number of piperidine rings is 1. The number of carbonyl (C=O) groups excluding carboxylic acids is 5. The molecule has 7 atom stereocenters. The largest absolute Gasteiger partial charge is 0.471 e. The van der Waals surface area contributed by atoms with Gasteiger partial charge in [-0.1, -0.05) is 13.8 Å². The average Bonchev–Trinajstić information content (AvgIpc) is 3.82. The first-order valence-electron chi connectivity index (χ1n) is 15.0. The van der Waals surface area contributed by atoms with Crippen LogP contribution in [0, 0.1) is 29.1 Å². The molecule has 5 aliphatic rings. The van der Waals surface area contributed by atoms with E-state index in [-0.39, 0.29) is 42.0 Å². The number of ether oxygens (including phenoxy) is 1. The van der Waals surface area contributed by atoms with Crippen LogP contribution in [-0.2, 0) is 28.7 Å². The zero-order valence-electron chi connectivity index (χ0n) is 25.2. The van der Waals surface area contributed by atoms with Gasteiger partial charge in [-0.2, -0.15) is 13.2 Å². The van der Waals surface area contributed by atoms with Gasteiger partial charge < -0.3 is 31.3 Å². The van der Waals surface area contributed by atoms with Crippen molar-refractivity contribution in [3.05, 3.63) is 0 Å². The molecule has 11 nitrogen and oxygen atoms in total. The van der Waals surface area contributed by atoms with Gasteiger partial charge in [-0.3, -0.25) is 24.0 Å². The third-order valence-electron chi connectivity index (χ3n) is 10.3. The molecule has 3 saturated carbocycles. The standard InChI is InChI=1S/C29H42F3N5O6/c1-13(43-28(8-9-28)15-6-7-15)19(35-25(42)29(30,31)32)24(41)37-12-16-18(27(16,4)5)20(37)23(40)34-17(21(33)38)10-14-11-26(2,3)36-22(14)39/h13-20H,6-12H2,1-5H3,(H2,33,38)(H,34,40)(H,35,42)(H,36,39)/t13-,14-,16+,17+,18+,19+,20+/m1/s1. The Morgan fingerprint density at radius 2 is 1.74 bits per heavy atom. The number of nitrogens with one attached hydrogen (secondary N) is 3. The summed E-state index contributed by atoms with van der Waals surface area (Å²) < 4.78 is 46.1. The van der Waals surface area contributed by atoms with Crippen LogP contribution in [-0.4, -0.2) is 82.5 Å². The molecule has 2 heterocycles. The second kappa shape index (κ2) is 10.3. The van der Waals surface area contributed by atoms with E-state index < -0.39 is 71.1 Å². The Hall–Kier alpha value is -2.90. The van der Waals surface area contributed by atoms with Crippen LogP contribution in [0.5, 0.6) is 0 Å². The molecule has 0 unspecified atom stereocenters. The van der Waals surface area contributed by atoms with Crippen LogP contribution in [0.1, 0.15) is 73.1 Å². The summed E-state index contributed by atoms with van der Waals surface area (Å²) in [6.45, 7) is 9.11. The van der Waals surface area contributed by atoms with E-state index in [0.717, 1.165) is 25.7 Å². The number of halogens is 3. The fourth-order valence-electron chi connectivity index (χ4n) is 7.56. The van der Waals surface area contributed by atoms with Crippen LogP contribution < -0.4 is 21.7 Å². The van der Waals surface area contributed by atoms with E-state index in [1.54, 1.807) is 0 Å². The van der Waals surface area contributed by atoms with Crippen molar-refractivity contribution in [2.45, 2.75) is 115 Å². The molecule has 0 bridgehead atoms. The first-order valence-corrected chi connectivity index (χ1v) is 15.0. The fraction of sp³-hybridized carbons (Fsp3) is 0.828. The van der Waals surface area contributed by atoms with E-state index in [1.807, 2.05) is 33.0 Å². The molecule has 0 aromatic heterocycles. The fourth-order valence-corrected chi connectivity index (χ4v) is 7.56. The first-order chi connectivity index (χ1) is 19.8. The number of fused-ring (bicyclic) bond motifs is 1. The number of hydrogen-bond donors (Lipinski definition) is 4. The van der Waals surface area contributed by atoms with E-state index in [2.05, 4.69) is 10.6 Å². The van der Waals surface area contributed by atoms with Gasteiger partial charge in [-0.15, -0.1) is 0 Å². The average molecular weight is 614 g/mol. The highest BCUT2D eigenvalue weighted by Crippen LogP contribution is 2.65. The highest BCUT2D eigenvalue weighted by Gasteiger charge is 2.70. The molecule has 3 aliphatic carbocycles. The van der Waals surface area contributed by atoms with Gasteiger partial charge in [0.1, 0.15) is 18.1 Å². The zero-order chi connectivity index (χ0) is 31.9. The number of nitrogens with two attached hydrogens (primary N) is 1. The molecule has 5 N–H and O–H groups in total. The summed E-state index contributed by atoms with van der Waals surface area (Å²) in [4.78, 5) is 65.9. The molecule has 43 heavy (non-hydrogen) atoms. The van der Waals surface area contributed by atoms with Gasteiger partial charge in [-0.25, -0.2) is 0 Å². The minimum atomic E-state index is -5.23. The maximum absolute atomic E-state index is 14.0. The molecule has 14 heteroatoms. The maximum atomic E-state index is 14.0. The number of alkyl halides is 3. The third-order valence-corrected chi connectivity index (χ3v) is 10.3. The Morgan fingerprint density at radius 1 is 1.12 bits per heavy atom. The molecular weight excluding hydrogens is 571 g/mol. The van der Waals surface area contributed by atoms with Crippen molar-refractivity contribution in [1.82, 2.24) is 20.9 Å². The molecule has 5 rings (SSSR count). The highest BCUT2D eigenvalue weighted by molar-refractivity contribution is 5.96. The lowest BCUT2D eigenvalue weighted by atomic mass is 9.91. The van der Waals surface area contributed by atoms with Crippen molar-refractivity contribution >= 4 is 29.5 Å². The molecule has 0 radical (unpaired) electrons. The normalized spacial score (nSPS) is 31.7. The molecule has 0 aromatic rings. The summed E-state index contributed by atoms with van der Waals surface area (Å²) in [5.74, 6) is -5.64. The molecule has 240 valence electrons. The van der Waals surface area contributed by atoms with Crippen LogP contribution in [0.3, 0.4) is 0 Å². The van der Waals surface area contributed by atoms with Crippen molar-refractivity contribution in [3.8, 4) is 0 Å². The van der Waals surface area contributed by atoms with Gasteiger partial charge in [0, 0.05) is 18.0 Å². The zero-order valence-corrected chi connectivity index (χ0v) is 25.2. The lowest BCUT2D eigenvalue weighted by Gasteiger charge is -2.36. The van der Waals surface area contributed by atoms with E-state index in [1.165, 1.54) is 11.8 Å². The van der Waals surface area contributed by atoms with E-state index in [4.69, 9.17) is 10.5 Å². The number of rotatable bonds is 11. The summed E-state index contributed by atoms with van der Waals surface area (Å²) in [5, 5.41) is 7.31. The first kappa shape index (κ1) is 31.5. The van der Waals surface area contributed by atoms with Gasteiger partial charge in [0.25, 0.3) is 0 Å². The summed E-state index contributed by atoms with van der Waals surface area (Å²) in [6.07, 6.45) is -2.58. The van der Waals surface area contributed by atoms with Crippen LogP contribution in [0.15, 0.2) is 0 Å². The molecule has 5 amide bonds. The van der Waals surface area contributed by atoms with Gasteiger partial charge >= 0.3 is 12.1 Å². The van der Waals surface area contributed by atoms with Gasteiger partial charge in [0.05, 0.1) is 11.7 Å². The summed E-state index contributed by atoms with van der Waals surface area (Å²) >= 11 is 0. The summed E-state index contributed by atoms with van der Waals surface area (Å²) in [5.41, 5.74) is 4.29. The number of amides is 5. The van der Waals surface area contributed by atoms with E-state index in [9.17, 15) is 37.1 Å². The van der Waals surface area contributed by atoms with Gasteiger partial charge in [-0.05, 0) is 82.5 Å². The van der Waals surface area contributed by atoms with E-state index in [0.29, 0.717) is 6.42 Å². The second-order valence-electron chi connectivity index (χ2n) is 14.5. The van der Waals surface area contributed by atoms with Crippen LogP contribution in [0.4, 0.5) is 13.2 Å². The highest BCUT2D eigenvalue weighted by atomic mass is 19.4. The van der Waals surface area contributed by atoms with Crippen LogP contribution >= 0.6 is 0 Å². The van der Waals surface area contributed by atoms with Crippen LogP contribution in [0.25, 0.3) is 0 Å². The van der Waals surface area contributed by atoms with Gasteiger partial charge in [0.15, 0.2) is 0 Å². The second-order valence-corrected chi connectivity index (χ2v) is 14.5. The molecule has 2 aliphatic heterocycles. The Morgan fingerprint density at radius 3 is 2.23 bits per heavy atom. The molecule has 0 spiro atoms. The molecule has 5 fully saturated rings. The van der Waals surface area contributed by atoms with Crippen LogP contribution in [0.2, 0.25) is 0 Å². The summed E-state index contributed by atoms with van der Waals surface area (Å²) in [6, 6.07) is -4.00. The van der Waals surface area contributed by atoms with E-state index >= 15 is 0 Å². The quantitative estimate of drug-likeness (QED) is 0.274. The lowest BCUT2D eigenvalue weighted by Crippen LogP contribution is -2.61. The Kier molecular flexibility index (Phi) is 7.58. The number of primary amides is 1. The lowest BCUT2D eigenvalue weighted by molar-refractivity contribution is -0.177. The smallest absolute Gasteiger partial charge is 0.369 e. The van der Waals surface area contributed by atoms with Crippen molar-refractivity contribution in [3.63, 3.8) is 0 Å². The third kappa shape index (κ3) is 6.08. The van der Waals surface area contributed by atoms with Crippen molar-refractivity contribution in [2.24, 2.45) is 34.8 Å². The van der Waals surface area contributed by atoms with Crippen molar-refractivity contribution < 1.29 is 41.9 Å². The Labute approximate surface area is 248 Å². The maximum Gasteiger partial charge on any atom is 0.471 e. The molecule has 2 saturated heterocycles. The monoisotopic (exact) mass is 613 g/mol. The summed E-state index contributed by atoms with van der Waals surface area (Å²) in [7, 11) is 0. The minimum Gasteiger partial charge on any atom is -0.369 e. The predicted molar refractivity (Wildman–Crippen MR) is 146 cm³/mol. The Bertz CT molecular complexity index is 1210. The van der Waals surface area contributed by atoms with Gasteiger partial charge in [0.2, 0.25) is 23.6 Å². The Balaban J connectivity index is 1.36. The molecular formula is C29H42F3N5O6. The van der Waals surface area contributed by atoms with Crippen molar-refractivity contribution in [1.29, 1.82) is 0 Å². The SMILES string of the molecule is C[C@@H](OC1(C2CC2)CC1)[C@H](NC(=O)C(F)(F)F)C(=O)N1C[C@H]2[C@@H]([C@H]1C(=O)N[C@@H](C[C@@H]1CC(C)(C)NC1=O)C(N)=O)C2(C)C. The predicted octanol–water partition coefficient (Wildman–Crippen LogP) is 1.14. The topological polar surface area (TPSA) is 160 Å². The number of likely N-dealkylation sites (tertiary alicyclic amines) is 1. The number of carbonyl (C=O) groups is 5. The number of hydrogen-bond acceptors (Lipinski definition) is 6. The van der Waals surface area contributed by atoms with Crippen molar-refractivity contribution in [2.75, 3.05) is 6.54 Å². The minimum absolute atomic E-state index is 0.0348. The molecule has 0 aromatic carbocycles.